The summed E-state index contributed by atoms with van der Waals surface area (Å²) in [4.78, 5) is 0. The first-order valence-corrected chi connectivity index (χ1v) is 6.14. The number of nitrogens with one attached hydrogen (secondary N) is 1. The minimum Gasteiger partial charge on any atom is -0.314 e. The molecule has 2 heteroatoms. The SMILES string of the molecule is CC(CC1CC1)NCC(C)(C)CCC#N. The molecule has 1 aliphatic rings. The molecule has 1 aliphatic carbocycles. The highest BCUT2D eigenvalue weighted by Gasteiger charge is 2.24. The summed E-state index contributed by atoms with van der Waals surface area (Å²) in [5, 5.41) is 12.2. The third-order valence-electron chi connectivity index (χ3n) is 3.23. The Kier molecular flexibility index (Phi) is 4.60. The van der Waals surface area contributed by atoms with Gasteiger partial charge >= 0.3 is 0 Å². The Morgan fingerprint density at radius 3 is 2.67 bits per heavy atom. The quantitative estimate of drug-likeness (QED) is 0.698. The van der Waals surface area contributed by atoms with Crippen LogP contribution in [0.2, 0.25) is 0 Å². The van der Waals surface area contributed by atoms with Crippen LogP contribution < -0.4 is 5.32 Å². The maximum Gasteiger partial charge on any atom is 0.0621 e. The lowest BCUT2D eigenvalue weighted by Crippen LogP contribution is -2.35. The number of nitrogens with zero attached hydrogens (tertiary/aromatic N) is 1. The van der Waals surface area contributed by atoms with E-state index in [4.69, 9.17) is 5.26 Å². The van der Waals surface area contributed by atoms with E-state index in [0.717, 1.165) is 18.9 Å². The molecule has 1 fully saturated rings. The van der Waals surface area contributed by atoms with Gasteiger partial charge in [-0.25, -0.2) is 0 Å². The number of nitriles is 1. The van der Waals surface area contributed by atoms with Crippen LogP contribution in [0.3, 0.4) is 0 Å². The Balaban J connectivity index is 2.12. The van der Waals surface area contributed by atoms with Crippen LogP contribution in [-0.2, 0) is 0 Å². The molecule has 2 nitrogen and oxygen atoms in total. The van der Waals surface area contributed by atoms with Crippen LogP contribution in [0.15, 0.2) is 0 Å². The van der Waals surface area contributed by atoms with Gasteiger partial charge in [0.1, 0.15) is 0 Å². The van der Waals surface area contributed by atoms with Crippen molar-refractivity contribution in [2.75, 3.05) is 6.54 Å². The first-order chi connectivity index (χ1) is 7.03. The van der Waals surface area contributed by atoms with Gasteiger partial charge in [-0.3, -0.25) is 0 Å². The highest BCUT2D eigenvalue weighted by Crippen LogP contribution is 2.33. The van der Waals surface area contributed by atoms with Crippen molar-refractivity contribution in [1.29, 1.82) is 5.26 Å². The van der Waals surface area contributed by atoms with Crippen LogP contribution in [0.5, 0.6) is 0 Å². The minimum absolute atomic E-state index is 0.257. The zero-order chi connectivity index (χ0) is 11.3. The van der Waals surface area contributed by atoms with Crippen molar-refractivity contribution in [3.05, 3.63) is 0 Å². The average molecular weight is 208 g/mol. The van der Waals surface area contributed by atoms with E-state index in [-0.39, 0.29) is 5.41 Å². The van der Waals surface area contributed by atoms with E-state index in [0.29, 0.717) is 12.5 Å². The highest BCUT2D eigenvalue weighted by atomic mass is 14.9. The predicted octanol–water partition coefficient (Wildman–Crippen LogP) is 3.09. The van der Waals surface area contributed by atoms with E-state index in [2.05, 4.69) is 32.2 Å². The van der Waals surface area contributed by atoms with Gasteiger partial charge in [0.15, 0.2) is 0 Å². The summed E-state index contributed by atoms with van der Waals surface area (Å²) in [5.74, 6) is 0.995. The van der Waals surface area contributed by atoms with Gasteiger partial charge in [0.2, 0.25) is 0 Å². The molecular formula is C13H24N2. The van der Waals surface area contributed by atoms with Gasteiger partial charge in [-0.2, -0.15) is 5.26 Å². The van der Waals surface area contributed by atoms with Crippen molar-refractivity contribution in [2.45, 2.75) is 58.9 Å². The van der Waals surface area contributed by atoms with Gasteiger partial charge in [0.05, 0.1) is 6.07 Å². The van der Waals surface area contributed by atoms with Crippen LogP contribution in [0.25, 0.3) is 0 Å². The van der Waals surface area contributed by atoms with Crippen molar-refractivity contribution in [3.63, 3.8) is 0 Å². The molecule has 1 atom stereocenters. The van der Waals surface area contributed by atoms with Gasteiger partial charge in [0, 0.05) is 19.0 Å². The molecule has 0 aromatic heterocycles. The molecule has 0 spiro atoms. The van der Waals surface area contributed by atoms with Crippen LogP contribution in [-0.4, -0.2) is 12.6 Å². The highest BCUT2D eigenvalue weighted by molar-refractivity contribution is 4.82. The Hall–Kier alpha value is -0.550. The second kappa shape index (κ2) is 5.51. The number of rotatable bonds is 7. The first-order valence-electron chi connectivity index (χ1n) is 6.14. The lowest BCUT2D eigenvalue weighted by Gasteiger charge is -2.26. The molecule has 0 saturated heterocycles. The zero-order valence-electron chi connectivity index (χ0n) is 10.3. The minimum atomic E-state index is 0.257. The van der Waals surface area contributed by atoms with Crippen molar-refractivity contribution in [1.82, 2.24) is 5.32 Å². The summed E-state index contributed by atoms with van der Waals surface area (Å²) in [7, 11) is 0. The summed E-state index contributed by atoms with van der Waals surface area (Å²) >= 11 is 0. The van der Waals surface area contributed by atoms with Gasteiger partial charge < -0.3 is 5.32 Å². The molecule has 0 heterocycles. The monoisotopic (exact) mass is 208 g/mol. The van der Waals surface area contributed by atoms with E-state index < -0.39 is 0 Å². The first kappa shape index (κ1) is 12.5. The van der Waals surface area contributed by atoms with Crippen molar-refractivity contribution in [3.8, 4) is 6.07 Å². The molecule has 0 bridgehead atoms. The smallest absolute Gasteiger partial charge is 0.0621 e. The third kappa shape index (κ3) is 5.79. The van der Waals surface area contributed by atoms with E-state index in [1.807, 2.05) is 0 Å². The van der Waals surface area contributed by atoms with Crippen LogP contribution in [0, 0.1) is 22.7 Å². The summed E-state index contributed by atoms with van der Waals surface area (Å²) in [6.07, 6.45) is 5.86. The molecule has 0 aliphatic heterocycles. The molecule has 0 aromatic carbocycles. The fraction of sp³-hybridized carbons (Fsp3) is 0.923. The third-order valence-corrected chi connectivity index (χ3v) is 3.23. The van der Waals surface area contributed by atoms with Gasteiger partial charge in [0.25, 0.3) is 0 Å². The van der Waals surface area contributed by atoms with Crippen molar-refractivity contribution < 1.29 is 0 Å². The van der Waals surface area contributed by atoms with E-state index in [9.17, 15) is 0 Å². The van der Waals surface area contributed by atoms with E-state index in [1.165, 1.54) is 19.3 Å². The second-order valence-corrected chi connectivity index (χ2v) is 5.78. The number of hydrogen-bond donors (Lipinski definition) is 1. The predicted molar refractivity (Wildman–Crippen MR) is 63.4 cm³/mol. The Morgan fingerprint density at radius 1 is 1.47 bits per heavy atom. The standard InChI is InChI=1S/C13H24N2/c1-11(9-12-5-6-12)15-10-13(2,3)7-4-8-14/h11-12,15H,4-7,9-10H2,1-3H3. The van der Waals surface area contributed by atoms with E-state index >= 15 is 0 Å². The van der Waals surface area contributed by atoms with Crippen LogP contribution in [0.4, 0.5) is 0 Å². The molecule has 0 aromatic rings. The second-order valence-electron chi connectivity index (χ2n) is 5.78. The van der Waals surface area contributed by atoms with Gasteiger partial charge in [-0.05, 0) is 31.1 Å². The van der Waals surface area contributed by atoms with Crippen LogP contribution in [0.1, 0.15) is 52.9 Å². The number of hydrogen-bond acceptors (Lipinski definition) is 2. The Bertz CT molecular complexity index is 223. The summed E-state index contributed by atoms with van der Waals surface area (Å²) in [6.45, 7) is 7.78. The molecule has 0 amide bonds. The largest absolute Gasteiger partial charge is 0.314 e. The lowest BCUT2D eigenvalue weighted by molar-refractivity contribution is 0.297. The van der Waals surface area contributed by atoms with Crippen molar-refractivity contribution >= 4 is 0 Å². The fourth-order valence-electron chi connectivity index (χ4n) is 1.87. The van der Waals surface area contributed by atoms with E-state index in [1.54, 1.807) is 0 Å². The molecule has 1 N–H and O–H groups in total. The normalized spacial score (nSPS) is 18.5. The molecule has 15 heavy (non-hydrogen) atoms. The van der Waals surface area contributed by atoms with Gasteiger partial charge in [-0.15, -0.1) is 0 Å². The summed E-state index contributed by atoms with van der Waals surface area (Å²) < 4.78 is 0. The van der Waals surface area contributed by atoms with Crippen molar-refractivity contribution in [2.24, 2.45) is 11.3 Å². The van der Waals surface area contributed by atoms with Gasteiger partial charge in [-0.1, -0.05) is 26.7 Å². The Morgan fingerprint density at radius 2 is 2.13 bits per heavy atom. The zero-order valence-corrected chi connectivity index (χ0v) is 10.3. The fourth-order valence-corrected chi connectivity index (χ4v) is 1.87. The maximum absolute atomic E-state index is 8.56. The summed E-state index contributed by atoms with van der Waals surface area (Å²) in [6, 6.07) is 2.86. The topological polar surface area (TPSA) is 35.8 Å². The maximum atomic E-state index is 8.56. The molecule has 1 saturated carbocycles. The Labute approximate surface area is 94.1 Å². The summed E-state index contributed by atoms with van der Waals surface area (Å²) in [5.41, 5.74) is 0.257. The molecular weight excluding hydrogens is 184 g/mol. The molecule has 1 rings (SSSR count). The molecule has 0 radical (unpaired) electrons. The van der Waals surface area contributed by atoms with Crippen LogP contribution >= 0.6 is 0 Å². The molecule has 86 valence electrons. The average Bonchev–Trinajstić information content (AvgIpc) is 2.96. The lowest BCUT2D eigenvalue weighted by atomic mass is 9.87. The molecule has 1 unspecified atom stereocenters.